The molecular weight excluding hydrogens is 937 g/mol. The number of ether oxygens (including phenoxy) is 3. The van der Waals surface area contributed by atoms with Crippen LogP contribution in [-0.4, -0.2) is 37.2 Å². The maximum atomic E-state index is 12.9. The molecule has 6 heteroatoms. The average Bonchev–Trinajstić information content (AvgIpc) is 3.42. The normalized spacial score (nSPS) is 12.6. The molecule has 438 valence electrons. The third kappa shape index (κ3) is 61.4. The Morgan fingerprint density at radius 2 is 0.539 bits per heavy atom. The zero-order valence-electron chi connectivity index (χ0n) is 50.3. The molecule has 0 saturated carbocycles. The number of allylic oxidation sites excluding steroid dienone is 14. The quantitative estimate of drug-likeness (QED) is 0.0261. The SMILES string of the molecule is CC/C=C\C/C=C\C/C=C\C/C=C\CCCCCCCCCCCCCCCCC(=O)OCC(COC(=O)CCCCCCC/C=C\C/C=C\CCC)OC(=O)CCCCCCCCC/C=C\CCCCCCCCC. The molecule has 0 aromatic carbocycles. The second-order valence-electron chi connectivity index (χ2n) is 21.6. The number of carbonyl (C=O) groups excluding carboxylic acids is 3. The maximum Gasteiger partial charge on any atom is 0.306 e. The van der Waals surface area contributed by atoms with Crippen molar-refractivity contribution in [2.45, 2.75) is 329 Å². The van der Waals surface area contributed by atoms with Crippen molar-refractivity contribution >= 4 is 17.9 Å². The van der Waals surface area contributed by atoms with E-state index in [4.69, 9.17) is 14.2 Å². The smallest absolute Gasteiger partial charge is 0.306 e. The summed E-state index contributed by atoms with van der Waals surface area (Å²) >= 11 is 0. The average molecular weight is 1060 g/mol. The lowest BCUT2D eigenvalue weighted by molar-refractivity contribution is -0.167. The van der Waals surface area contributed by atoms with E-state index in [1.807, 2.05) is 0 Å². The second-order valence-corrected chi connectivity index (χ2v) is 21.6. The predicted molar refractivity (Wildman–Crippen MR) is 330 cm³/mol. The molecule has 0 fully saturated rings. The molecule has 0 saturated heterocycles. The molecule has 6 nitrogen and oxygen atoms in total. The van der Waals surface area contributed by atoms with Gasteiger partial charge in [0.25, 0.3) is 0 Å². The van der Waals surface area contributed by atoms with Gasteiger partial charge in [0.15, 0.2) is 6.10 Å². The Hall–Kier alpha value is -3.41. The topological polar surface area (TPSA) is 78.9 Å². The van der Waals surface area contributed by atoms with E-state index in [9.17, 15) is 14.4 Å². The van der Waals surface area contributed by atoms with E-state index in [1.54, 1.807) is 0 Å². The zero-order chi connectivity index (χ0) is 55.0. The molecule has 0 radical (unpaired) electrons. The highest BCUT2D eigenvalue weighted by Gasteiger charge is 2.19. The molecule has 0 aromatic heterocycles. The number of esters is 3. The first-order valence-electron chi connectivity index (χ1n) is 32.6. The lowest BCUT2D eigenvalue weighted by atomic mass is 10.0. The monoisotopic (exact) mass is 1060 g/mol. The first-order valence-corrected chi connectivity index (χ1v) is 32.6. The van der Waals surface area contributed by atoms with Crippen molar-refractivity contribution in [1.29, 1.82) is 0 Å². The van der Waals surface area contributed by atoms with Crippen LogP contribution in [0.15, 0.2) is 85.1 Å². The Morgan fingerprint density at radius 1 is 0.276 bits per heavy atom. The highest BCUT2D eigenvalue weighted by Crippen LogP contribution is 2.17. The Balaban J connectivity index is 4.27. The van der Waals surface area contributed by atoms with Crippen LogP contribution in [0.3, 0.4) is 0 Å². The first-order chi connectivity index (χ1) is 37.5. The third-order valence-electron chi connectivity index (χ3n) is 14.1. The van der Waals surface area contributed by atoms with Gasteiger partial charge in [0.1, 0.15) is 13.2 Å². The Bertz CT molecular complexity index is 1450. The van der Waals surface area contributed by atoms with E-state index < -0.39 is 6.10 Å². The van der Waals surface area contributed by atoms with Crippen molar-refractivity contribution in [2.75, 3.05) is 13.2 Å². The van der Waals surface area contributed by atoms with E-state index in [2.05, 4.69) is 106 Å². The van der Waals surface area contributed by atoms with Crippen LogP contribution in [0.1, 0.15) is 323 Å². The molecule has 0 aliphatic heterocycles. The van der Waals surface area contributed by atoms with Crippen molar-refractivity contribution in [3.8, 4) is 0 Å². The van der Waals surface area contributed by atoms with Gasteiger partial charge in [-0.1, -0.05) is 279 Å². The summed E-state index contributed by atoms with van der Waals surface area (Å²) in [5.74, 6) is -0.888. The molecule has 0 amide bonds. The summed E-state index contributed by atoms with van der Waals surface area (Å²) in [6.07, 6.45) is 84.5. The fourth-order valence-corrected chi connectivity index (χ4v) is 9.23. The summed E-state index contributed by atoms with van der Waals surface area (Å²) in [6, 6.07) is 0. The van der Waals surface area contributed by atoms with Crippen LogP contribution in [0.25, 0.3) is 0 Å². The molecule has 0 spiro atoms. The Morgan fingerprint density at radius 3 is 0.868 bits per heavy atom. The van der Waals surface area contributed by atoms with Crippen LogP contribution >= 0.6 is 0 Å². The van der Waals surface area contributed by atoms with Crippen molar-refractivity contribution < 1.29 is 28.6 Å². The number of rotatable bonds is 59. The van der Waals surface area contributed by atoms with Gasteiger partial charge in [0, 0.05) is 19.3 Å². The molecule has 0 aliphatic carbocycles. The van der Waals surface area contributed by atoms with Gasteiger partial charge >= 0.3 is 17.9 Å². The van der Waals surface area contributed by atoms with Gasteiger partial charge < -0.3 is 14.2 Å². The van der Waals surface area contributed by atoms with Crippen molar-refractivity contribution in [3.63, 3.8) is 0 Å². The van der Waals surface area contributed by atoms with Crippen molar-refractivity contribution in [1.82, 2.24) is 0 Å². The van der Waals surface area contributed by atoms with E-state index >= 15 is 0 Å². The second kappa shape index (κ2) is 64.1. The van der Waals surface area contributed by atoms with E-state index in [-0.39, 0.29) is 31.1 Å². The molecule has 0 aliphatic rings. The molecular formula is C70H122O6. The fraction of sp³-hybridized carbons (Fsp3) is 0.757. The summed E-state index contributed by atoms with van der Waals surface area (Å²) in [6.45, 7) is 6.48. The molecule has 0 aromatic rings. The molecule has 76 heavy (non-hydrogen) atoms. The summed E-state index contributed by atoms with van der Waals surface area (Å²) in [7, 11) is 0. The Labute approximate surface area is 471 Å². The van der Waals surface area contributed by atoms with Crippen LogP contribution in [-0.2, 0) is 28.6 Å². The fourth-order valence-electron chi connectivity index (χ4n) is 9.23. The van der Waals surface area contributed by atoms with Crippen molar-refractivity contribution in [2.24, 2.45) is 0 Å². The highest BCUT2D eigenvalue weighted by atomic mass is 16.6. The summed E-state index contributed by atoms with van der Waals surface area (Å²) in [4.78, 5) is 38.3. The molecule has 1 atom stereocenters. The lowest BCUT2D eigenvalue weighted by Crippen LogP contribution is -2.30. The molecule has 0 N–H and O–H groups in total. The van der Waals surface area contributed by atoms with Crippen LogP contribution in [0, 0.1) is 0 Å². The molecule has 0 bridgehead atoms. The van der Waals surface area contributed by atoms with Gasteiger partial charge in [-0.2, -0.15) is 0 Å². The number of carbonyl (C=O) groups is 3. The molecule has 1 unspecified atom stereocenters. The third-order valence-corrected chi connectivity index (χ3v) is 14.1. The van der Waals surface area contributed by atoms with Gasteiger partial charge in [-0.3, -0.25) is 14.4 Å². The van der Waals surface area contributed by atoms with Gasteiger partial charge in [-0.05, 0) is 109 Å². The van der Waals surface area contributed by atoms with Crippen LogP contribution < -0.4 is 0 Å². The van der Waals surface area contributed by atoms with Crippen LogP contribution in [0.2, 0.25) is 0 Å². The van der Waals surface area contributed by atoms with Gasteiger partial charge in [-0.15, -0.1) is 0 Å². The van der Waals surface area contributed by atoms with Gasteiger partial charge in [-0.25, -0.2) is 0 Å². The van der Waals surface area contributed by atoms with Crippen LogP contribution in [0.5, 0.6) is 0 Å². The lowest BCUT2D eigenvalue weighted by Gasteiger charge is -2.18. The number of unbranched alkanes of at least 4 members (excludes halogenated alkanes) is 34. The van der Waals surface area contributed by atoms with E-state index in [0.29, 0.717) is 19.3 Å². The van der Waals surface area contributed by atoms with Gasteiger partial charge in [0.05, 0.1) is 0 Å². The number of hydrogen-bond donors (Lipinski definition) is 0. The highest BCUT2D eigenvalue weighted by molar-refractivity contribution is 5.71. The summed E-state index contributed by atoms with van der Waals surface area (Å²) in [5.41, 5.74) is 0. The van der Waals surface area contributed by atoms with Crippen molar-refractivity contribution in [3.05, 3.63) is 85.1 Å². The predicted octanol–water partition coefficient (Wildman–Crippen LogP) is 22.3. The van der Waals surface area contributed by atoms with Gasteiger partial charge in [0.2, 0.25) is 0 Å². The largest absolute Gasteiger partial charge is 0.462 e. The molecule has 0 heterocycles. The minimum atomic E-state index is -0.785. The standard InChI is InChI=1S/C70H122O6/c1-4-7-10-13-16-19-22-25-27-29-31-32-33-34-35-36-37-38-39-41-42-45-48-51-54-57-60-63-69(72)75-66-67(65-74-68(71)62-59-56-53-50-47-44-24-21-18-15-12-9-6-3)76-70(73)64-61-58-55-52-49-46-43-40-30-28-26-23-20-17-14-11-8-5-2/h7,10,12,15-16,19,21,24-25,27-28,30-32,67H,4-6,8-9,11,13-14,17-18,20,22-23,26,29,33-66H2,1-3H3/b10-7-,15-12-,19-16-,24-21-,27-25-,30-28-,32-31-. The summed E-state index contributed by atoms with van der Waals surface area (Å²) in [5, 5.41) is 0. The van der Waals surface area contributed by atoms with Crippen LogP contribution in [0.4, 0.5) is 0 Å². The minimum Gasteiger partial charge on any atom is -0.462 e. The summed E-state index contributed by atoms with van der Waals surface area (Å²) < 4.78 is 16.9. The maximum absolute atomic E-state index is 12.9. The zero-order valence-corrected chi connectivity index (χ0v) is 50.3. The minimum absolute atomic E-state index is 0.0810. The first kappa shape index (κ1) is 72.6. The number of hydrogen-bond acceptors (Lipinski definition) is 6. The Kier molecular flexibility index (Phi) is 61.2. The molecule has 0 rings (SSSR count). The van der Waals surface area contributed by atoms with E-state index in [0.717, 1.165) is 109 Å². The van der Waals surface area contributed by atoms with E-state index in [1.165, 1.54) is 173 Å².